The van der Waals surface area contributed by atoms with Gasteiger partial charge < -0.3 is 14.8 Å². The smallest absolute Gasteiger partial charge is 0.244 e. The van der Waals surface area contributed by atoms with Crippen LogP contribution in [-0.2, 0) is 10.5 Å². The fourth-order valence-electron chi connectivity index (χ4n) is 1.10. The largest absolute Gasteiger partial charge is 0.468 e. The molecule has 1 aromatic rings. The predicted octanol–water partition coefficient (Wildman–Crippen LogP) is 1.91. The van der Waals surface area contributed by atoms with Gasteiger partial charge in [-0.2, -0.15) is 0 Å². The monoisotopic (exact) mass is 255 g/mol. The molecule has 0 bridgehead atoms. The van der Waals surface area contributed by atoms with E-state index in [0.29, 0.717) is 18.7 Å². The SMILES string of the molecule is CC(O)CCNC(=O)/C=C/SCc1ccco1. The zero-order valence-corrected chi connectivity index (χ0v) is 10.6. The van der Waals surface area contributed by atoms with Crippen molar-refractivity contribution in [3.8, 4) is 0 Å². The van der Waals surface area contributed by atoms with Crippen LogP contribution in [0.5, 0.6) is 0 Å². The van der Waals surface area contributed by atoms with E-state index in [9.17, 15) is 4.79 Å². The standard InChI is InChI=1S/C12H17NO3S/c1-10(14)4-6-13-12(15)5-8-17-9-11-3-2-7-16-11/h2-3,5,7-8,10,14H,4,6,9H2,1H3,(H,13,15)/b8-5+. The molecule has 0 aliphatic rings. The summed E-state index contributed by atoms with van der Waals surface area (Å²) >= 11 is 1.49. The van der Waals surface area contributed by atoms with Crippen LogP contribution in [0, 0.1) is 0 Å². The fraction of sp³-hybridized carbons (Fsp3) is 0.417. The van der Waals surface area contributed by atoms with Gasteiger partial charge in [-0.15, -0.1) is 11.8 Å². The molecule has 5 heteroatoms. The molecule has 0 fully saturated rings. The number of hydrogen-bond acceptors (Lipinski definition) is 4. The van der Waals surface area contributed by atoms with Gasteiger partial charge in [-0.1, -0.05) is 0 Å². The van der Waals surface area contributed by atoms with Crippen molar-refractivity contribution in [3.63, 3.8) is 0 Å². The molecule has 2 N–H and O–H groups in total. The molecule has 1 rings (SSSR count). The number of amides is 1. The number of hydrogen-bond donors (Lipinski definition) is 2. The van der Waals surface area contributed by atoms with Crippen LogP contribution < -0.4 is 5.32 Å². The van der Waals surface area contributed by atoms with Crippen LogP contribution in [0.1, 0.15) is 19.1 Å². The number of furan rings is 1. The molecule has 0 saturated carbocycles. The summed E-state index contributed by atoms with van der Waals surface area (Å²) in [6.45, 7) is 2.19. The molecule has 0 aromatic carbocycles. The minimum absolute atomic E-state index is 0.141. The van der Waals surface area contributed by atoms with Gasteiger partial charge in [0.15, 0.2) is 0 Å². The Hall–Kier alpha value is -1.20. The lowest BCUT2D eigenvalue weighted by Crippen LogP contribution is -2.24. The Morgan fingerprint density at radius 1 is 1.71 bits per heavy atom. The Labute approximate surface area is 105 Å². The predicted molar refractivity (Wildman–Crippen MR) is 68.5 cm³/mol. The molecule has 1 aromatic heterocycles. The third kappa shape index (κ3) is 6.86. The summed E-state index contributed by atoms with van der Waals surface area (Å²) in [5.41, 5.74) is 0. The first-order chi connectivity index (χ1) is 8.18. The third-order valence-corrected chi connectivity index (χ3v) is 2.76. The number of aliphatic hydroxyl groups is 1. The highest BCUT2D eigenvalue weighted by Crippen LogP contribution is 2.12. The maximum absolute atomic E-state index is 11.3. The van der Waals surface area contributed by atoms with Crippen molar-refractivity contribution in [2.24, 2.45) is 0 Å². The van der Waals surface area contributed by atoms with Crippen LogP contribution >= 0.6 is 11.8 Å². The summed E-state index contributed by atoms with van der Waals surface area (Å²) in [7, 11) is 0. The Morgan fingerprint density at radius 3 is 3.18 bits per heavy atom. The summed E-state index contributed by atoms with van der Waals surface area (Å²) < 4.78 is 5.15. The van der Waals surface area contributed by atoms with Gasteiger partial charge in [-0.25, -0.2) is 0 Å². The van der Waals surface area contributed by atoms with Crippen molar-refractivity contribution in [3.05, 3.63) is 35.6 Å². The van der Waals surface area contributed by atoms with Crippen molar-refractivity contribution in [2.75, 3.05) is 6.54 Å². The molecule has 1 unspecified atom stereocenters. The molecular formula is C12H17NO3S. The van der Waals surface area contributed by atoms with Crippen molar-refractivity contribution < 1.29 is 14.3 Å². The van der Waals surface area contributed by atoms with E-state index in [0.717, 1.165) is 5.76 Å². The topological polar surface area (TPSA) is 62.5 Å². The molecule has 17 heavy (non-hydrogen) atoms. The highest BCUT2D eigenvalue weighted by molar-refractivity contribution is 8.01. The molecule has 94 valence electrons. The first-order valence-electron chi connectivity index (χ1n) is 5.45. The molecule has 0 radical (unpaired) electrons. The van der Waals surface area contributed by atoms with Gasteiger partial charge in [-0.05, 0) is 30.9 Å². The van der Waals surface area contributed by atoms with Crippen LogP contribution in [0.2, 0.25) is 0 Å². The van der Waals surface area contributed by atoms with E-state index in [1.807, 2.05) is 12.1 Å². The summed E-state index contributed by atoms with van der Waals surface area (Å²) in [5, 5.41) is 13.4. The highest BCUT2D eigenvalue weighted by atomic mass is 32.2. The first-order valence-corrected chi connectivity index (χ1v) is 6.50. The van der Waals surface area contributed by atoms with Gasteiger partial charge in [0.05, 0.1) is 18.1 Å². The van der Waals surface area contributed by atoms with Gasteiger partial charge in [0.1, 0.15) is 5.76 Å². The number of rotatable bonds is 7. The second-order valence-electron chi connectivity index (χ2n) is 3.62. The van der Waals surface area contributed by atoms with Crippen LogP contribution in [0.15, 0.2) is 34.3 Å². The van der Waals surface area contributed by atoms with Crippen molar-refractivity contribution in [1.29, 1.82) is 0 Å². The van der Waals surface area contributed by atoms with E-state index in [-0.39, 0.29) is 12.0 Å². The number of nitrogens with one attached hydrogen (secondary N) is 1. The minimum atomic E-state index is -0.382. The molecule has 1 heterocycles. The molecule has 1 atom stereocenters. The first kappa shape index (κ1) is 13.9. The van der Waals surface area contributed by atoms with Gasteiger partial charge in [0, 0.05) is 12.6 Å². The van der Waals surface area contributed by atoms with Gasteiger partial charge in [0.2, 0.25) is 5.91 Å². The molecular weight excluding hydrogens is 238 g/mol. The number of carbonyl (C=O) groups excluding carboxylic acids is 1. The second-order valence-corrected chi connectivity index (χ2v) is 4.52. The summed E-state index contributed by atoms with van der Waals surface area (Å²) in [4.78, 5) is 11.3. The average molecular weight is 255 g/mol. The normalized spacial score (nSPS) is 12.8. The fourth-order valence-corrected chi connectivity index (χ4v) is 1.74. The van der Waals surface area contributed by atoms with E-state index < -0.39 is 0 Å². The molecule has 0 saturated heterocycles. The van der Waals surface area contributed by atoms with Gasteiger partial charge in [-0.3, -0.25) is 4.79 Å². The number of carbonyl (C=O) groups is 1. The third-order valence-electron chi connectivity index (χ3n) is 1.98. The van der Waals surface area contributed by atoms with Gasteiger partial charge in [0.25, 0.3) is 0 Å². The van der Waals surface area contributed by atoms with E-state index in [1.54, 1.807) is 18.6 Å². The van der Waals surface area contributed by atoms with Crippen LogP contribution in [-0.4, -0.2) is 23.7 Å². The quantitative estimate of drug-likeness (QED) is 0.731. The zero-order valence-electron chi connectivity index (χ0n) is 9.76. The number of aliphatic hydroxyl groups excluding tert-OH is 1. The summed E-state index contributed by atoms with van der Waals surface area (Å²) in [6.07, 6.45) is 3.30. The lowest BCUT2D eigenvalue weighted by atomic mass is 10.3. The van der Waals surface area contributed by atoms with Crippen LogP contribution in [0.3, 0.4) is 0 Å². The Morgan fingerprint density at radius 2 is 2.53 bits per heavy atom. The highest BCUT2D eigenvalue weighted by Gasteiger charge is 1.98. The average Bonchev–Trinajstić information content (AvgIpc) is 2.76. The molecule has 1 amide bonds. The number of thioether (sulfide) groups is 1. The molecule has 0 spiro atoms. The molecule has 0 aliphatic carbocycles. The van der Waals surface area contributed by atoms with E-state index >= 15 is 0 Å². The summed E-state index contributed by atoms with van der Waals surface area (Å²) in [6, 6.07) is 3.73. The Bertz CT molecular complexity index is 347. The Kier molecular flexibility index (Phi) is 6.50. The van der Waals surface area contributed by atoms with Crippen molar-refractivity contribution in [1.82, 2.24) is 5.32 Å². The zero-order chi connectivity index (χ0) is 12.5. The van der Waals surface area contributed by atoms with E-state index in [2.05, 4.69) is 5.32 Å². The van der Waals surface area contributed by atoms with E-state index in [4.69, 9.17) is 9.52 Å². The summed E-state index contributed by atoms with van der Waals surface area (Å²) in [5.74, 6) is 1.46. The molecule has 4 nitrogen and oxygen atoms in total. The second kappa shape index (κ2) is 7.97. The maximum Gasteiger partial charge on any atom is 0.244 e. The van der Waals surface area contributed by atoms with Crippen LogP contribution in [0.25, 0.3) is 0 Å². The molecule has 0 aliphatic heterocycles. The maximum atomic E-state index is 11.3. The van der Waals surface area contributed by atoms with Crippen molar-refractivity contribution in [2.45, 2.75) is 25.2 Å². The lowest BCUT2D eigenvalue weighted by Gasteiger charge is -2.03. The van der Waals surface area contributed by atoms with E-state index in [1.165, 1.54) is 17.8 Å². The lowest BCUT2D eigenvalue weighted by molar-refractivity contribution is -0.116. The van der Waals surface area contributed by atoms with Crippen LogP contribution in [0.4, 0.5) is 0 Å². The van der Waals surface area contributed by atoms with Crippen molar-refractivity contribution >= 4 is 17.7 Å². The Balaban J connectivity index is 2.09. The minimum Gasteiger partial charge on any atom is -0.468 e. The van der Waals surface area contributed by atoms with Gasteiger partial charge >= 0.3 is 0 Å².